The molecule has 0 spiro atoms. The third-order valence-corrected chi connectivity index (χ3v) is 1.88. The number of carbonyl (C=O) groups excluding carboxylic acids is 1. The second-order valence-electron chi connectivity index (χ2n) is 3.15. The smallest absolute Gasteiger partial charge is 0.319 e. The summed E-state index contributed by atoms with van der Waals surface area (Å²) in [6.45, 7) is 9.95. The molecule has 0 rings (SSSR count). The zero-order valence-electron chi connectivity index (χ0n) is 8.80. The number of esters is 1. The third-order valence-electron chi connectivity index (χ3n) is 1.88. The highest BCUT2D eigenvalue weighted by Crippen LogP contribution is 1.99. The molecule has 0 heterocycles. The van der Waals surface area contributed by atoms with Crippen LogP contribution in [-0.4, -0.2) is 37.6 Å². The second-order valence-corrected chi connectivity index (χ2v) is 3.15. The van der Waals surface area contributed by atoms with Crippen molar-refractivity contribution in [2.75, 3.05) is 26.7 Å². The van der Waals surface area contributed by atoms with E-state index in [1.807, 2.05) is 18.7 Å². The average molecular weight is 185 g/mol. The highest BCUT2D eigenvalue weighted by molar-refractivity contribution is 5.71. The summed E-state index contributed by atoms with van der Waals surface area (Å²) in [7, 11) is 1.41. The van der Waals surface area contributed by atoms with Crippen LogP contribution in [0.4, 0.5) is 0 Å². The zero-order chi connectivity index (χ0) is 10.3. The van der Waals surface area contributed by atoms with E-state index >= 15 is 0 Å². The zero-order valence-corrected chi connectivity index (χ0v) is 8.80. The largest absolute Gasteiger partial charge is 0.468 e. The van der Waals surface area contributed by atoms with E-state index in [0.717, 1.165) is 25.1 Å². The Labute approximate surface area is 80.4 Å². The molecule has 0 radical (unpaired) electrons. The van der Waals surface area contributed by atoms with Crippen molar-refractivity contribution in [1.29, 1.82) is 0 Å². The van der Waals surface area contributed by atoms with Crippen LogP contribution in [0.2, 0.25) is 0 Å². The predicted molar refractivity (Wildman–Crippen MR) is 53.6 cm³/mol. The molecule has 3 nitrogen and oxygen atoms in total. The van der Waals surface area contributed by atoms with Gasteiger partial charge in [0.05, 0.1) is 13.7 Å². The summed E-state index contributed by atoms with van der Waals surface area (Å²) in [6.07, 6.45) is 0.935. The maximum Gasteiger partial charge on any atom is 0.319 e. The first-order valence-corrected chi connectivity index (χ1v) is 4.53. The molecule has 3 heteroatoms. The van der Waals surface area contributed by atoms with Gasteiger partial charge in [-0.2, -0.15) is 0 Å². The lowest BCUT2D eigenvalue weighted by atomic mass is 10.2. The molecule has 0 aromatic rings. The van der Waals surface area contributed by atoms with Crippen molar-refractivity contribution in [2.45, 2.75) is 20.3 Å². The number of ether oxygens (including phenoxy) is 1. The lowest BCUT2D eigenvalue weighted by Gasteiger charge is -2.18. The standard InChI is InChI=1S/C10H19NO2/c1-5-11(7-6-9(2)3)8-10(12)13-4/h2,5-8H2,1,3-4H3. The van der Waals surface area contributed by atoms with Gasteiger partial charge in [0, 0.05) is 6.54 Å². The van der Waals surface area contributed by atoms with Gasteiger partial charge in [-0.3, -0.25) is 9.69 Å². The van der Waals surface area contributed by atoms with E-state index in [4.69, 9.17) is 0 Å². The summed E-state index contributed by atoms with van der Waals surface area (Å²) >= 11 is 0. The van der Waals surface area contributed by atoms with Gasteiger partial charge in [-0.1, -0.05) is 12.5 Å². The minimum atomic E-state index is -0.177. The Bertz CT molecular complexity index is 178. The maximum atomic E-state index is 10.9. The fourth-order valence-electron chi connectivity index (χ4n) is 0.945. The van der Waals surface area contributed by atoms with Crippen LogP contribution in [0.3, 0.4) is 0 Å². The molecule has 0 bridgehead atoms. The molecule has 0 N–H and O–H groups in total. The minimum Gasteiger partial charge on any atom is -0.468 e. The Kier molecular flexibility index (Phi) is 6.24. The quantitative estimate of drug-likeness (QED) is 0.463. The van der Waals surface area contributed by atoms with Gasteiger partial charge in [0.2, 0.25) is 0 Å². The number of hydrogen-bond donors (Lipinski definition) is 0. The molecule has 0 aliphatic rings. The van der Waals surface area contributed by atoms with Crippen LogP contribution in [0.5, 0.6) is 0 Å². The highest BCUT2D eigenvalue weighted by atomic mass is 16.5. The third kappa shape index (κ3) is 6.34. The highest BCUT2D eigenvalue weighted by Gasteiger charge is 2.07. The lowest BCUT2D eigenvalue weighted by molar-refractivity contribution is -0.141. The van der Waals surface area contributed by atoms with E-state index in [0.29, 0.717) is 6.54 Å². The van der Waals surface area contributed by atoms with Crippen molar-refractivity contribution in [2.24, 2.45) is 0 Å². The van der Waals surface area contributed by atoms with Gasteiger partial charge in [-0.05, 0) is 19.9 Å². The van der Waals surface area contributed by atoms with Crippen molar-refractivity contribution in [3.63, 3.8) is 0 Å². The van der Waals surface area contributed by atoms with E-state index in [1.54, 1.807) is 0 Å². The second kappa shape index (κ2) is 6.66. The molecule has 0 aliphatic carbocycles. The number of rotatable bonds is 6. The van der Waals surface area contributed by atoms with Gasteiger partial charge < -0.3 is 4.74 Å². The number of hydrogen-bond acceptors (Lipinski definition) is 3. The molecule has 0 fully saturated rings. The molecule has 0 saturated carbocycles. The lowest BCUT2D eigenvalue weighted by Crippen LogP contribution is -2.31. The van der Waals surface area contributed by atoms with E-state index in [9.17, 15) is 4.79 Å². The van der Waals surface area contributed by atoms with Crippen LogP contribution in [0, 0.1) is 0 Å². The molecular formula is C10H19NO2. The van der Waals surface area contributed by atoms with Crippen LogP contribution in [0.1, 0.15) is 20.3 Å². The average Bonchev–Trinajstić information content (AvgIpc) is 2.11. The first-order chi connectivity index (χ1) is 6.10. The van der Waals surface area contributed by atoms with Crippen molar-refractivity contribution in [3.8, 4) is 0 Å². The number of carbonyl (C=O) groups is 1. The molecule has 0 atom stereocenters. The fraction of sp³-hybridized carbons (Fsp3) is 0.700. The molecule has 0 aliphatic heterocycles. The summed E-state index contributed by atoms with van der Waals surface area (Å²) < 4.78 is 4.59. The monoisotopic (exact) mass is 185 g/mol. The summed E-state index contributed by atoms with van der Waals surface area (Å²) in [4.78, 5) is 13.0. The van der Waals surface area contributed by atoms with E-state index < -0.39 is 0 Å². The number of methoxy groups -OCH3 is 1. The van der Waals surface area contributed by atoms with E-state index in [1.165, 1.54) is 7.11 Å². The molecule has 0 amide bonds. The Morgan fingerprint density at radius 3 is 2.54 bits per heavy atom. The van der Waals surface area contributed by atoms with Crippen LogP contribution in [-0.2, 0) is 9.53 Å². The fourth-order valence-corrected chi connectivity index (χ4v) is 0.945. The molecule has 13 heavy (non-hydrogen) atoms. The van der Waals surface area contributed by atoms with Crippen molar-refractivity contribution in [3.05, 3.63) is 12.2 Å². The first-order valence-electron chi connectivity index (χ1n) is 4.53. The Balaban J connectivity index is 3.75. The molecule has 0 aromatic heterocycles. The summed E-state index contributed by atoms with van der Waals surface area (Å²) in [6, 6.07) is 0. The van der Waals surface area contributed by atoms with Crippen LogP contribution in [0.15, 0.2) is 12.2 Å². The normalized spacial score (nSPS) is 10.2. The number of nitrogens with zero attached hydrogens (tertiary/aromatic N) is 1. The van der Waals surface area contributed by atoms with Gasteiger partial charge in [0.25, 0.3) is 0 Å². The first kappa shape index (κ1) is 12.2. The van der Waals surface area contributed by atoms with Gasteiger partial charge in [0.1, 0.15) is 0 Å². The van der Waals surface area contributed by atoms with Crippen molar-refractivity contribution in [1.82, 2.24) is 4.90 Å². The van der Waals surface area contributed by atoms with Crippen LogP contribution >= 0.6 is 0 Å². The molecular weight excluding hydrogens is 166 g/mol. The molecule has 0 saturated heterocycles. The maximum absolute atomic E-state index is 10.9. The molecule has 0 unspecified atom stereocenters. The summed E-state index contributed by atoms with van der Waals surface area (Å²) in [5, 5.41) is 0. The Hall–Kier alpha value is -0.830. The summed E-state index contributed by atoms with van der Waals surface area (Å²) in [5.74, 6) is -0.177. The topological polar surface area (TPSA) is 29.5 Å². The van der Waals surface area contributed by atoms with Gasteiger partial charge in [0.15, 0.2) is 0 Å². The van der Waals surface area contributed by atoms with E-state index in [-0.39, 0.29) is 5.97 Å². The van der Waals surface area contributed by atoms with Gasteiger partial charge in [-0.25, -0.2) is 0 Å². The molecule has 0 aromatic carbocycles. The predicted octanol–water partition coefficient (Wildman–Crippen LogP) is 1.45. The Morgan fingerprint density at radius 1 is 1.54 bits per heavy atom. The SMILES string of the molecule is C=C(C)CCN(CC)CC(=O)OC. The van der Waals surface area contributed by atoms with Crippen LogP contribution < -0.4 is 0 Å². The summed E-state index contributed by atoms with van der Waals surface area (Å²) in [5.41, 5.74) is 1.14. The van der Waals surface area contributed by atoms with E-state index in [2.05, 4.69) is 11.3 Å². The Morgan fingerprint density at radius 2 is 2.15 bits per heavy atom. The van der Waals surface area contributed by atoms with Gasteiger partial charge >= 0.3 is 5.97 Å². The van der Waals surface area contributed by atoms with Crippen LogP contribution in [0.25, 0.3) is 0 Å². The number of likely N-dealkylation sites (N-methyl/N-ethyl adjacent to an activating group) is 1. The van der Waals surface area contributed by atoms with Gasteiger partial charge in [-0.15, -0.1) is 6.58 Å². The van der Waals surface area contributed by atoms with Crippen molar-refractivity contribution < 1.29 is 9.53 Å². The van der Waals surface area contributed by atoms with Crippen molar-refractivity contribution >= 4 is 5.97 Å². The molecule has 76 valence electrons. The minimum absolute atomic E-state index is 0.177.